The molecule has 0 spiro atoms. The minimum Gasteiger partial charge on any atom is -0.495 e. The van der Waals surface area contributed by atoms with Gasteiger partial charge in [-0.25, -0.2) is 0 Å². The number of alkyl halides is 3. The SMILES string of the molecule is COc1c(Cl)ccc2c1C(C)(C)CC(O)(C(F)(F)F)C2Nc1c(C)ccc2[nH]c(=O)ccc12.Cc1ccc2[nH]c(=O)ccc2c1N. The molecule has 0 saturated carbocycles. The number of nitrogen functional groups attached to an aromatic ring is 1. The Balaban J connectivity index is 0.000000266. The van der Waals surface area contributed by atoms with E-state index in [1.807, 2.05) is 19.1 Å². The molecule has 6 N–H and O–H groups in total. The number of nitrogens with one attached hydrogen (secondary N) is 3. The van der Waals surface area contributed by atoms with Gasteiger partial charge < -0.3 is 30.9 Å². The molecule has 0 fully saturated rings. The first-order chi connectivity index (χ1) is 21.5. The third kappa shape index (κ3) is 5.69. The van der Waals surface area contributed by atoms with E-state index in [4.69, 9.17) is 22.1 Å². The Bertz CT molecular complexity index is 2090. The molecule has 0 radical (unpaired) electrons. The average molecular weight is 655 g/mol. The quantitative estimate of drug-likeness (QED) is 0.133. The zero-order valence-electron chi connectivity index (χ0n) is 25.8. The fourth-order valence-electron chi connectivity index (χ4n) is 6.34. The van der Waals surface area contributed by atoms with Gasteiger partial charge in [-0.1, -0.05) is 43.6 Å². The number of hydrogen-bond donors (Lipinski definition) is 5. The molecule has 2 heterocycles. The maximum absolute atomic E-state index is 14.5. The molecule has 2 atom stereocenters. The molecule has 5 aromatic rings. The van der Waals surface area contributed by atoms with E-state index in [0.29, 0.717) is 27.7 Å². The van der Waals surface area contributed by atoms with Gasteiger partial charge in [-0.2, -0.15) is 13.2 Å². The number of benzene rings is 3. The van der Waals surface area contributed by atoms with Crippen LogP contribution in [0.5, 0.6) is 5.75 Å². The van der Waals surface area contributed by atoms with Crippen molar-refractivity contribution in [2.45, 2.75) is 57.3 Å². The minimum atomic E-state index is -4.93. The number of halogens is 4. The molecule has 8 nitrogen and oxygen atoms in total. The van der Waals surface area contributed by atoms with Gasteiger partial charge in [0.15, 0.2) is 5.60 Å². The lowest BCUT2D eigenvalue weighted by Crippen LogP contribution is -2.58. The smallest absolute Gasteiger partial charge is 0.419 e. The summed E-state index contributed by atoms with van der Waals surface area (Å²) in [5.41, 5.74) is 6.06. The molecule has 0 aliphatic heterocycles. The number of rotatable bonds is 3. The van der Waals surface area contributed by atoms with E-state index in [1.54, 1.807) is 45.0 Å². The maximum atomic E-state index is 14.5. The summed E-state index contributed by atoms with van der Waals surface area (Å²) in [6, 6.07) is 14.7. The Morgan fingerprint density at radius 3 is 2.07 bits per heavy atom. The Kier molecular flexibility index (Phi) is 8.37. The third-order valence-corrected chi connectivity index (χ3v) is 8.88. The molecule has 0 amide bonds. The number of pyridine rings is 2. The van der Waals surface area contributed by atoms with Gasteiger partial charge in [-0.15, -0.1) is 0 Å². The van der Waals surface area contributed by atoms with Crippen LogP contribution in [-0.4, -0.2) is 34.0 Å². The van der Waals surface area contributed by atoms with Gasteiger partial charge >= 0.3 is 6.18 Å². The predicted molar refractivity (Wildman–Crippen MR) is 176 cm³/mol. The van der Waals surface area contributed by atoms with Gasteiger partial charge in [-0.3, -0.25) is 9.59 Å². The second-order valence-electron chi connectivity index (χ2n) is 12.2. The van der Waals surface area contributed by atoms with Gasteiger partial charge in [0.05, 0.1) is 29.2 Å². The van der Waals surface area contributed by atoms with Crippen LogP contribution in [0.2, 0.25) is 5.02 Å². The van der Waals surface area contributed by atoms with E-state index >= 15 is 0 Å². The van der Waals surface area contributed by atoms with Crippen LogP contribution >= 0.6 is 11.6 Å². The van der Waals surface area contributed by atoms with Crippen LogP contribution in [0.1, 0.15) is 48.6 Å². The summed E-state index contributed by atoms with van der Waals surface area (Å²) in [6.07, 6.45) is -5.54. The molecule has 0 saturated heterocycles. The van der Waals surface area contributed by atoms with Crippen LogP contribution < -0.4 is 26.9 Å². The third-order valence-electron chi connectivity index (χ3n) is 8.58. The van der Waals surface area contributed by atoms with Crippen molar-refractivity contribution in [1.29, 1.82) is 0 Å². The highest BCUT2D eigenvalue weighted by molar-refractivity contribution is 6.32. The lowest BCUT2D eigenvalue weighted by Gasteiger charge is -2.49. The van der Waals surface area contributed by atoms with Crippen LogP contribution in [0, 0.1) is 13.8 Å². The van der Waals surface area contributed by atoms with Crippen molar-refractivity contribution in [2.24, 2.45) is 0 Å². The molecule has 6 rings (SSSR count). The number of methoxy groups -OCH3 is 1. The highest BCUT2D eigenvalue weighted by Gasteiger charge is 2.64. The maximum Gasteiger partial charge on any atom is 0.419 e. The van der Waals surface area contributed by atoms with Crippen molar-refractivity contribution < 1.29 is 23.0 Å². The summed E-state index contributed by atoms with van der Waals surface area (Å²) < 4.78 is 48.8. The summed E-state index contributed by atoms with van der Waals surface area (Å²) in [6.45, 7) is 6.95. The number of hydrogen-bond acceptors (Lipinski definition) is 6. The molecular formula is C34H34ClF3N4O4. The van der Waals surface area contributed by atoms with Gasteiger partial charge in [0.1, 0.15) is 5.75 Å². The Morgan fingerprint density at radius 2 is 1.48 bits per heavy atom. The number of aromatic amines is 2. The fourth-order valence-corrected chi connectivity index (χ4v) is 6.58. The van der Waals surface area contributed by atoms with Crippen molar-refractivity contribution >= 4 is 44.8 Å². The highest BCUT2D eigenvalue weighted by Crippen LogP contribution is 2.57. The number of aromatic nitrogens is 2. The molecule has 1 aliphatic rings. The molecule has 2 aromatic heterocycles. The zero-order chi connectivity index (χ0) is 33.8. The van der Waals surface area contributed by atoms with E-state index in [-0.39, 0.29) is 27.5 Å². The van der Waals surface area contributed by atoms with Gasteiger partial charge in [0.25, 0.3) is 0 Å². The van der Waals surface area contributed by atoms with Crippen molar-refractivity contribution in [3.05, 3.63) is 109 Å². The lowest BCUT2D eigenvalue weighted by atomic mass is 9.63. The average Bonchev–Trinajstić information content (AvgIpc) is 2.97. The van der Waals surface area contributed by atoms with Gasteiger partial charge in [-0.05, 0) is 72.7 Å². The predicted octanol–water partition coefficient (Wildman–Crippen LogP) is 7.05. The Hall–Kier alpha value is -4.48. The largest absolute Gasteiger partial charge is 0.495 e. The van der Waals surface area contributed by atoms with E-state index < -0.39 is 29.7 Å². The first-order valence-electron chi connectivity index (χ1n) is 14.4. The van der Waals surface area contributed by atoms with E-state index in [2.05, 4.69) is 15.3 Å². The van der Waals surface area contributed by atoms with Crippen LogP contribution in [0.4, 0.5) is 24.5 Å². The second kappa shape index (κ2) is 11.7. The van der Waals surface area contributed by atoms with Crippen molar-refractivity contribution in [1.82, 2.24) is 9.97 Å². The highest BCUT2D eigenvalue weighted by atomic mass is 35.5. The number of ether oxygens (including phenoxy) is 1. The van der Waals surface area contributed by atoms with Gasteiger partial charge in [0, 0.05) is 39.8 Å². The number of anilines is 2. The monoisotopic (exact) mass is 654 g/mol. The first kappa shape index (κ1) is 32.9. The van der Waals surface area contributed by atoms with Gasteiger partial charge in [0.2, 0.25) is 11.1 Å². The lowest BCUT2D eigenvalue weighted by molar-refractivity contribution is -0.275. The fraction of sp³-hybridized carbons (Fsp3) is 0.294. The summed E-state index contributed by atoms with van der Waals surface area (Å²) in [7, 11) is 1.41. The van der Waals surface area contributed by atoms with E-state index in [0.717, 1.165) is 22.2 Å². The van der Waals surface area contributed by atoms with Crippen LogP contribution in [0.3, 0.4) is 0 Å². The number of H-pyrrole nitrogens is 2. The standard InChI is InChI=1S/C24H24ClF3N2O3.C10H10N2O/c1-12-5-9-16-13(7-10-17(31)29-16)19(12)30-21-14-6-8-15(25)20(33-4)18(14)22(2,3)11-23(21,32)24(26,27)28;1-6-2-4-8-7(10(6)11)3-5-9(13)12-8/h5-10,21,30,32H,11H2,1-4H3,(H,29,31);2-5H,11H2,1H3,(H,12,13). The zero-order valence-corrected chi connectivity index (χ0v) is 26.6. The van der Waals surface area contributed by atoms with Crippen molar-refractivity contribution in [2.75, 3.05) is 18.2 Å². The number of nitrogens with two attached hydrogens (primary N) is 1. The van der Waals surface area contributed by atoms with Crippen molar-refractivity contribution in [3.63, 3.8) is 0 Å². The molecule has 1 aliphatic carbocycles. The van der Waals surface area contributed by atoms with E-state index in [1.165, 1.54) is 31.4 Å². The van der Waals surface area contributed by atoms with Crippen LogP contribution in [0.15, 0.2) is 70.3 Å². The first-order valence-corrected chi connectivity index (χ1v) is 14.8. The molecule has 3 aromatic carbocycles. The normalized spacial score (nSPS) is 18.9. The molecule has 12 heteroatoms. The molecular weight excluding hydrogens is 621 g/mol. The van der Waals surface area contributed by atoms with Crippen LogP contribution in [0.25, 0.3) is 21.8 Å². The Labute approximate surface area is 267 Å². The summed E-state index contributed by atoms with van der Waals surface area (Å²) in [5.74, 6) is 0.286. The molecule has 46 heavy (non-hydrogen) atoms. The number of aliphatic hydroxyl groups is 1. The number of aryl methyl sites for hydroxylation is 2. The van der Waals surface area contributed by atoms with Crippen molar-refractivity contribution in [3.8, 4) is 5.75 Å². The molecule has 2 unspecified atom stereocenters. The Morgan fingerprint density at radius 1 is 0.913 bits per heavy atom. The summed E-state index contributed by atoms with van der Waals surface area (Å²) in [5, 5.41) is 15.9. The molecule has 0 bridgehead atoms. The number of fused-ring (bicyclic) bond motifs is 3. The van der Waals surface area contributed by atoms with Crippen LogP contribution in [-0.2, 0) is 5.41 Å². The summed E-state index contributed by atoms with van der Waals surface area (Å²) in [4.78, 5) is 28.1. The molecule has 242 valence electrons. The second-order valence-corrected chi connectivity index (χ2v) is 12.6. The topological polar surface area (TPSA) is 133 Å². The summed E-state index contributed by atoms with van der Waals surface area (Å²) >= 11 is 6.31. The minimum absolute atomic E-state index is 0.101. The van der Waals surface area contributed by atoms with E-state index in [9.17, 15) is 27.9 Å².